The quantitative estimate of drug-likeness (QED) is 0.736. The van der Waals surface area contributed by atoms with Gasteiger partial charge in [-0.3, -0.25) is 4.79 Å². The molecule has 3 rings (SSSR count). The van der Waals surface area contributed by atoms with Crippen molar-refractivity contribution in [3.8, 4) is 11.8 Å². The van der Waals surface area contributed by atoms with Gasteiger partial charge in [0.2, 0.25) is 0 Å². The summed E-state index contributed by atoms with van der Waals surface area (Å²) in [5.41, 5.74) is 8.94. The molecule has 0 bridgehead atoms. The maximum Gasteiger partial charge on any atom is 0.162 e. The van der Waals surface area contributed by atoms with E-state index in [1.165, 1.54) is 0 Å². The van der Waals surface area contributed by atoms with Gasteiger partial charge in [0.15, 0.2) is 5.78 Å². The molecule has 0 saturated heterocycles. The van der Waals surface area contributed by atoms with E-state index in [1.54, 1.807) is 7.11 Å². The lowest BCUT2D eigenvalue weighted by Crippen LogP contribution is -2.38. The predicted molar refractivity (Wildman–Crippen MR) is 106 cm³/mol. The Kier molecular flexibility index (Phi) is 5.87. The van der Waals surface area contributed by atoms with E-state index in [0.29, 0.717) is 42.2 Å². The minimum atomic E-state index is -0.461. The van der Waals surface area contributed by atoms with Crippen molar-refractivity contribution in [1.82, 2.24) is 5.32 Å². The molecule has 1 aromatic rings. The Bertz CT molecular complexity index is 877. The third-order valence-corrected chi connectivity index (χ3v) is 5.20. The molecule has 1 aromatic carbocycles. The van der Waals surface area contributed by atoms with Gasteiger partial charge >= 0.3 is 0 Å². The predicted octanol–water partition coefficient (Wildman–Crippen LogP) is 2.78. The monoisotopic (exact) mass is 381 g/mol. The van der Waals surface area contributed by atoms with Crippen LogP contribution in [-0.4, -0.2) is 32.7 Å². The Morgan fingerprint density at radius 2 is 2.07 bits per heavy atom. The molecule has 0 spiro atoms. The molecule has 0 fully saturated rings. The van der Waals surface area contributed by atoms with Crippen LogP contribution < -0.4 is 15.8 Å². The van der Waals surface area contributed by atoms with E-state index in [0.717, 1.165) is 17.7 Å². The number of hydrogen-bond donors (Lipinski definition) is 2. The van der Waals surface area contributed by atoms with Crippen LogP contribution in [0.25, 0.3) is 0 Å². The van der Waals surface area contributed by atoms with Crippen LogP contribution in [0.2, 0.25) is 0 Å². The topological polar surface area (TPSA) is 97.4 Å². The average molecular weight is 381 g/mol. The Labute approximate surface area is 166 Å². The molecule has 148 valence electrons. The number of rotatable bonds is 6. The number of benzene rings is 1. The molecule has 1 atom stereocenters. The van der Waals surface area contributed by atoms with Crippen LogP contribution in [0, 0.1) is 16.7 Å². The number of Topliss-reactive ketones (excluding diaryl/α,β-unsaturated/α-hetero) is 1. The highest BCUT2D eigenvalue weighted by Gasteiger charge is 2.42. The Balaban J connectivity index is 2.16. The molecular formula is C22H27N3O3. The molecule has 0 amide bonds. The normalized spacial score (nSPS) is 21.1. The summed E-state index contributed by atoms with van der Waals surface area (Å²) in [5, 5.41) is 13.3. The van der Waals surface area contributed by atoms with Gasteiger partial charge in [-0.1, -0.05) is 32.0 Å². The van der Waals surface area contributed by atoms with Gasteiger partial charge in [0.1, 0.15) is 5.75 Å². The number of methoxy groups -OCH3 is 1. The number of ketones is 1. The van der Waals surface area contributed by atoms with Crippen molar-refractivity contribution in [1.29, 1.82) is 5.26 Å². The van der Waals surface area contributed by atoms with Crippen LogP contribution in [0.1, 0.15) is 38.2 Å². The van der Waals surface area contributed by atoms with Gasteiger partial charge in [0.25, 0.3) is 0 Å². The standard InChI is InChI=1S/C22H27N3O3/c1-22(2)10-16-21(18(26)11-22)20(14-6-4-5-7-19(14)27-3)15(12-24)17(25-16)13-28-9-8-23/h4-7,20,25H,8-11,13,23H2,1-3H3. The highest BCUT2D eigenvalue weighted by molar-refractivity contribution is 6.00. The first-order valence-corrected chi connectivity index (χ1v) is 9.49. The molecule has 0 radical (unpaired) electrons. The van der Waals surface area contributed by atoms with Crippen LogP contribution in [0.4, 0.5) is 0 Å². The van der Waals surface area contributed by atoms with Crippen LogP contribution in [0.15, 0.2) is 46.8 Å². The summed E-state index contributed by atoms with van der Waals surface area (Å²) < 4.78 is 11.2. The largest absolute Gasteiger partial charge is 0.496 e. The maximum atomic E-state index is 13.1. The molecule has 1 aliphatic heterocycles. The van der Waals surface area contributed by atoms with Crippen molar-refractivity contribution in [3.63, 3.8) is 0 Å². The van der Waals surface area contributed by atoms with E-state index in [9.17, 15) is 10.1 Å². The van der Waals surface area contributed by atoms with Crippen molar-refractivity contribution in [2.75, 3.05) is 26.9 Å². The summed E-state index contributed by atoms with van der Waals surface area (Å²) in [5.74, 6) is 0.274. The lowest BCUT2D eigenvalue weighted by Gasteiger charge is -2.39. The molecule has 2 aliphatic rings. The Hall–Kier alpha value is -2.62. The Morgan fingerprint density at radius 1 is 1.32 bits per heavy atom. The van der Waals surface area contributed by atoms with Gasteiger partial charge < -0.3 is 20.5 Å². The van der Waals surface area contributed by atoms with Gasteiger partial charge in [-0.15, -0.1) is 0 Å². The van der Waals surface area contributed by atoms with Gasteiger partial charge in [0.05, 0.1) is 43.6 Å². The fraction of sp³-hybridized carbons (Fsp3) is 0.455. The minimum absolute atomic E-state index is 0.0735. The van der Waals surface area contributed by atoms with Crippen LogP contribution in [-0.2, 0) is 9.53 Å². The zero-order valence-electron chi connectivity index (χ0n) is 16.7. The second-order valence-corrected chi connectivity index (χ2v) is 7.98. The van der Waals surface area contributed by atoms with E-state index in [1.807, 2.05) is 24.3 Å². The number of ether oxygens (including phenoxy) is 2. The lowest BCUT2D eigenvalue weighted by molar-refractivity contribution is -0.118. The average Bonchev–Trinajstić information content (AvgIpc) is 2.66. The zero-order valence-corrected chi connectivity index (χ0v) is 16.7. The van der Waals surface area contributed by atoms with Crippen molar-refractivity contribution in [3.05, 3.63) is 52.4 Å². The molecule has 0 aromatic heterocycles. The number of carbonyl (C=O) groups is 1. The number of carbonyl (C=O) groups excluding carboxylic acids is 1. The van der Waals surface area contributed by atoms with Crippen LogP contribution in [0.5, 0.6) is 5.75 Å². The zero-order chi connectivity index (χ0) is 20.3. The molecule has 1 unspecified atom stereocenters. The number of allylic oxidation sites excluding steroid dienone is 3. The van der Waals surface area contributed by atoms with Crippen molar-refractivity contribution in [2.24, 2.45) is 11.1 Å². The first-order valence-electron chi connectivity index (χ1n) is 9.49. The number of nitriles is 1. The molecule has 6 heteroatoms. The van der Waals surface area contributed by atoms with E-state index in [-0.39, 0.29) is 17.8 Å². The summed E-state index contributed by atoms with van der Waals surface area (Å²) in [7, 11) is 1.60. The molecule has 1 heterocycles. The van der Waals surface area contributed by atoms with E-state index in [4.69, 9.17) is 15.2 Å². The summed E-state index contributed by atoms with van der Waals surface area (Å²) in [6, 6.07) is 9.87. The fourth-order valence-corrected chi connectivity index (χ4v) is 4.07. The van der Waals surface area contributed by atoms with Crippen molar-refractivity contribution >= 4 is 5.78 Å². The SMILES string of the molecule is COc1ccccc1C1C(C#N)=C(COCCN)NC2=C1C(=O)CC(C)(C)C2. The maximum absolute atomic E-state index is 13.1. The summed E-state index contributed by atoms with van der Waals surface area (Å²) >= 11 is 0. The molecular weight excluding hydrogens is 354 g/mol. The number of dihydropyridines is 1. The second kappa shape index (κ2) is 8.17. The van der Waals surface area contributed by atoms with Gasteiger partial charge in [-0.05, 0) is 17.9 Å². The number of nitrogens with one attached hydrogen (secondary N) is 1. The third-order valence-electron chi connectivity index (χ3n) is 5.20. The van der Waals surface area contributed by atoms with Gasteiger partial charge in [-0.25, -0.2) is 0 Å². The van der Waals surface area contributed by atoms with Gasteiger partial charge in [0, 0.05) is 29.8 Å². The number of nitrogens with two attached hydrogens (primary N) is 1. The summed E-state index contributed by atoms with van der Waals surface area (Å²) in [6.07, 6.45) is 1.19. The van der Waals surface area contributed by atoms with Crippen molar-refractivity contribution < 1.29 is 14.3 Å². The minimum Gasteiger partial charge on any atom is -0.496 e. The Morgan fingerprint density at radius 3 is 2.75 bits per heavy atom. The highest BCUT2D eigenvalue weighted by Crippen LogP contribution is 2.48. The second-order valence-electron chi connectivity index (χ2n) is 7.98. The molecule has 0 saturated carbocycles. The van der Waals surface area contributed by atoms with Gasteiger partial charge in [-0.2, -0.15) is 5.26 Å². The molecule has 1 aliphatic carbocycles. The third kappa shape index (κ3) is 3.82. The number of para-hydroxylation sites is 1. The first-order chi connectivity index (χ1) is 13.4. The van der Waals surface area contributed by atoms with E-state index < -0.39 is 5.92 Å². The highest BCUT2D eigenvalue weighted by atomic mass is 16.5. The van der Waals surface area contributed by atoms with E-state index in [2.05, 4.69) is 25.2 Å². The fourth-order valence-electron chi connectivity index (χ4n) is 4.07. The number of hydrogen-bond acceptors (Lipinski definition) is 6. The first kappa shape index (κ1) is 20.1. The molecule has 3 N–H and O–H groups in total. The van der Waals surface area contributed by atoms with Crippen LogP contribution >= 0.6 is 0 Å². The molecule has 6 nitrogen and oxygen atoms in total. The molecule has 28 heavy (non-hydrogen) atoms. The van der Waals surface area contributed by atoms with E-state index >= 15 is 0 Å². The summed E-state index contributed by atoms with van der Waals surface area (Å²) in [6.45, 7) is 5.23. The van der Waals surface area contributed by atoms with Crippen LogP contribution in [0.3, 0.4) is 0 Å². The lowest BCUT2D eigenvalue weighted by atomic mass is 9.68. The summed E-state index contributed by atoms with van der Waals surface area (Å²) in [4.78, 5) is 13.1. The number of nitrogens with zero attached hydrogens (tertiary/aromatic N) is 1. The van der Waals surface area contributed by atoms with Crippen molar-refractivity contribution in [2.45, 2.75) is 32.6 Å². The smallest absolute Gasteiger partial charge is 0.162 e.